The van der Waals surface area contributed by atoms with Gasteiger partial charge in [0.05, 0.1) is 0 Å². The molecule has 0 amide bonds. The Kier molecular flexibility index (Phi) is 2.14. The molecule has 0 aromatic carbocycles. The molecule has 2 heteroatoms. The molecule has 1 saturated heterocycles. The molecule has 0 spiro atoms. The molecule has 2 rings (SSSR count). The summed E-state index contributed by atoms with van der Waals surface area (Å²) >= 11 is 0. The second-order valence-electron chi connectivity index (χ2n) is 4.08. The van der Waals surface area contributed by atoms with Crippen LogP contribution in [0.3, 0.4) is 0 Å². The van der Waals surface area contributed by atoms with E-state index in [1.54, 1.807) is 0 Å². The van der Waals surface area contributed by atoms with E-state index in [1.165, 1.54) is 32.5 Å². The zero-order valence-corrected chi connectivity index (χ0v) is 7.27. The Morgan fingerprint density at radius 3 is 2.73 bits per heavy atom. The minimum atomic E-state index is 0.876. The van der Waals surface area contributed by atoms with Gasteiger partial charge in [-0.1, -0.05) is 6.92 Å². The van der Waals surface area contributed by atoms with Gasteiger partial charge in [0, 0.05) is 6.04 Å². The largest absolute Gasteiger partial charge is 0.316 e. The number of nitrogens with one attached hydrogen (secondary N) is 2. The summed E-state index contributed by atoms with van der Waals surface area (Å²) in [4.78, 5) is 0. The van der Waals surface area contributed by atoms with Gasteiger partial charge in [-0.25, -0.2) is 0 Å². The van der Waals surface area contributed by atoms with Gasteiger partial charge in [0.1, 0.15) is 0 Å². The van der Waals surface area contributed by atoms with Crippen LogP contribution in [-0.2, 0) is 0 Å². The quantitative estimate of drug-likeness (QED) is 0.622. The molecular formula is C9H18N2. The van der Waals surface area contributed by atoms with Crippen molar-refractivity contribution < 1.29 is 0 Å². The first-order valence-corrected chi connectivity index (χ1v) is 4.80. The molecule has 0 aromatic rings. The third kappa shape index (κ3) is 1.94. The maximum absolute atomic E-state index is 3.59. The van der Waals surface area contributed by atoms with Gasteiger partial charge in [0.15, 0.2) is 0 Å². The molecular weight excluding hydrogens is 136 g/mol. The molecule has 64 valence electrons. The summed E-state index contributed by atoms with van der Waals surface area (Å²) in [6, 6.07) is 0.878. The van der Waals surface area contributed by atoms with Crippen molar-refractivity contribution >= 4 is 0 Å². The van der Waals surface area contributed by atoms with Gasteiger partial charge < -0.3 is 10.6 Å². The van der Waals surface area contributed by atoms with Crippen molar-refractivity contribution in [2.24, 2.45) is 11.8 Å². The molecule has 1 heterocycles. The molecule has 0 unspecified atom stereocenters. The van der Waals surface area contributed by atoms with Crippen LogP contribution in [0.25, 0.3) is 0 Å². The van der Waals surface area contributed by atoms with Gasteiger partial charge in [0.25, 0.3) is 0 Å². The number of hydrogen-bond acceptors (Lipinski definition) is 2. The van der Waals surface area contributed by atoms with Crippen LogP contribution >= 0.6 is 0 Å². The molecule has 2 N–H and O–H groups in total. The Hall–Kier alpha value is -0.0800. The van der Waals surface area contributed by atoms with Crippen LogP contribution in [0.2, 0.25) is 0 Å². The van der Waals surface area contributed by atoms with Gasteiger partial charge in [-0.05, 0) is 44.3 Å². The fraction of sp³-hybridized carbons (Fsp3) is 1.00. The van der Waals surface area contributed by atoms with Crippen molar-refractivity contribution in [2.45, 2.75) is 25.8 Å². The molecule has 1 saturated carbocycles. The standard InChI is InChI=1S/C9H18N2/c1-7-4-10-5-8(7)6-11-9-2-3-9/h7-11H,2-6H2,1H3/t7-,8-/m1/s1. The molecule has 0 radical (unpaired) electrons. The minimum absolute atomic E-state index is 0.876. The summed E-state index contributed by atoms with van der Waals surface area (Å²) in [5.41, 5.74) is 0. The molecule has 1 aliphatic carbocycles. The molecule has 2 aliphatic rings. The van der Waals surface area contributed by atoms with E-state index in [1.807, 2.05) is 0 Å². The van der Waals surface area contributed by atoms with E-state index in [2.05, 4.69) is 17.6 Å². The number of rotatable bonds is 3. The Bertz CT molecular complexity index is 132. The summed E-state index contributed by atoms with van der Waals surface area (Å²) in [7, 11) is 0. The monoisotopic (exact) mass is 154 g/mol. The van der Waals surface area contributed by atoms with Gasteiger partial charge >= 0.3 is 0 Å². The maximum atomic E-state index is 3.59. The topological polar surface area (TPSA) is 24.1 Å². The van der Waals surface area contributed by atoms with Crippen LogP contribution < -0.4 is 10.6 Å². The van der Waals surface area contributed by atoms with Gasteiger partial charge in [-0.3, -0.25) is 0 Å². The molecule has 0 aromatic heterocycles. The highest BCUT2D eigenvalue weighted by molar-refractivity contribution is 4.85. The van der Waals surface area contributed by atoms with Crippen molar-refractivity contribution in [1.82, 2.24) is 10.6 Å². The number of hydrogen-bond donors (Lipinski definition) is 2. The van der Waals surface area contributed by atoms with Crippen molar-refractivity contribution in [2.75, 3.05) is 19.6 Å². The zero-order valence-electron chi connectivity index (χ0n) is 7.27. The lowest BCUT2D eigenvalue weighted by molar-refractivity contribution is 0.419. The van der Waals surface area contributed by atoms with E-state index in [4.69, 9.17) is 0 Å². The first kappa shape index (κ1) is 7.56. The predicted molar refractivity (Wildman–Crippen MR) is 46.5 cm³/mol. The summed E-state index contributed by atoms with van der Waals surface area (Å²) in [6.07, 6.45) is 2.82. The summed E-state index contributed by atoms with van der Waals surface area (Å²) in [5.74, 6) is 1.76. The highest BCUT2D eigenvalue weighted by Gasteiger charge is 2.26. The lowest BCUT2D eigenvalue weighted by atomic mass is 9.98. The van der Waals surface area contributed by atoms with Crippen molar-refractivity contribution in [3.63, 3.8) is 0 Å². The van der Waals surface area contributed by atoms with E-state index >= 15 is 0 Å². The Balaban J connectivity index is 1.67. The fourth-order valence-electron chi connectivity index (χ4n) is 1.74. The van der Waals surface area contributed by atoms with Crippen molar-refractivity contribution in [1.29, 1.82) is 0 Å². The normalized spacial score (nSPS) is 37.9. The van der Waals surface area contributed by atoms with Gasteiger partial charge in [0.2, 0.25) is 0 Å². The van der Waals surface area contributed by atoms with E-state index in [0.29, 0.717) is 0 Å². The SMILES string of the molecule is C[C@@H]1CNC[C@@H]1CNC1CC1. The van der Waals surface area contributed by atoms with E-state index < -0.39 is 0 Å². The third-order valence-corrected chi connectivity index (χ3v) is 2.92. The fourth-order valence-corrected chi connectivity index (χ4v) is 1.74. The lowest BCUT2D eigenvalue weighted by Gasteiger charge is -2.14. The highest BCUT2D eigenvalue weighted by atomic mass is 15.0. The van der Waals surface area contributed by atoms with Crippen LogP contribution in [0.15, 0.2) is 0 Å². The summed E-state index contributed by atoms with van der Waals surface area (Å²) in [6.45, 7) is 6.02. The summed E-state index contributed by atoms with van der Waals surface area (Å²) < 4.78 is 0. The zero-order chi connectivity index (χ0) is 7.68. The van der Waals surface area contributed by atoms with Crippen LogP contribution in [0.5, 0.6) is 0 Å². The second-order valence-corrected chi connectivity index (χ2v) is 4.08. The second kappa shape index (κ2) is 3.11. The van der Waals surface area contributed by atoms with E-state index in [-0.39, 0.29) is 0 Å². The Labute approximate surface area is 68.7 Å². The van der Waals surface area contributed by atoms with E-state index in [0.717, 1.165) is 17.9 Å². The van der Waals surface area contributed by atoms with E-state index in [9.17, 15) is 0 Å². The molecule has 2 fully saturated rings. The van der Waals surface area contributed by atoms with Gasteiger partial charge in [-0.15, -0.1) is 0 Å². The van der Waals surface area contributed by atoms with Crippen molar-refractivity contribution in [3.05, 3.63) is 0 Å². The maximum Gasteiger partial charge on any atom is 0.00683 e. The van der Waals surface area contributed by atoms with Crippen LogP contribution in [0.1, 0.15) is 19.8 Å². The lowest BCUT2D eigenvalue weighted by Crippen LogP contribution is -2.28. The van der Waals surface area contributed by atoms with Crippen LogP contribution in [0, 0.1) is 11.8 Å². The first-order chi connectivity index (χ1) is 5.36. The van der Waals surface area contributed by atoms with Crippen LogP contribution in [-0.4, -0.2) is 25.7 Å². The molecule has 2 atom stereocenters. The van der Waals surface area contributed by atoms with Gasteiger partial charge in [-0.2, -0.15) is 0 Å². The first-order valence-electron chi connectivity index (χ1n) is 4.80. The molecule has 2 nitrogen and oxygen atoms in total. The minimum Gasteiger partial charge on any atom is -0.316 e. The summed E-state index contributed by atoms with van der Waals surface area (Å²) in [5, 5.41) is 7.02. The molecule has 1 aliphatic heterocycles. The third-order valence-electron chi connectivity index (χ3n) is 2.92. The average molecular weight is 154 g/mol. The van der Waals surface area contributed by atoms with Crippen molar-refractivity contribution in [3.8, 4) is 0 Å². The average Bonchev–Trinajstić information content (AvgIpc) is 2.73. The highest BCUT2D eigenvalue weighted by Crippen LogP contribution is 2.21. The van der Waals surface area contributed by atoms with Crippen LogP contribution in [0.4, 0.5) is 0 Å². The molecule has 11 heavy (non-hydrogen) atoms. The smallest absolute Gasteiger partial charge is 0.00683 e. The predicted octanol–water partition coefficient (Wildman–Crippen LogP) is 0.594. The Morgan fingerprint density at radius 1 is 1.36 bits per heavy atom. The molecule has 0 bridgehead atoms. The Morgan fingerprint density at radius 2 is 2.18 bits per heavy atom.